The summed E-state index contributed by atoms with van der Waals surface area (Å²) >= 11 is 0. The van der Waals surface area contributed by atoms with Crippen LogP contribution in [-0.2, 0) is 20.8 Å². The zero-order valence-corrected chi connectivity index (χ0v) is 16.4. The number of halogens is 3. The van der Waals surface area contributed by atoms with Crippen LogP contribution in [0.5, 0.6) is 0 Å². The summed E-state index contributed by atoms with van der Waals surface area (Å²) < 4.78 is 66.4. The van der Waals surface area contributed by atoms with E-state index in [0.717, 1.165) is 18.2 Å². The van der Waals surface area contributed by atoms with Gasteiger partial charge in [0, 0.05) is 12.2 Å². The highest BCUT2D eigenvalue weighted by molar-refractivity contribution is 7.92. The van der Waals surface area contributed by atoms with E-state index in [-0.39, 0.29) is 19.5 Å². The Labute approximate surface area is 171 Å². The minimum absolute atomic E-state index is 0.150. The molecule has 1 saturated heterocycles. The van der Waals surface area contributed by atoms with Gasteiger partial charge in [-0.1, -0.05) is 30.3 Å². The molecule has 2 atom stereocenters. The van der Waals surface area contributed by atoms with Crippen molar-refractivity contribution in [1.82, 2.24) is 5.32 Å². The maximum atomic E-state index is 13.4. The van der Waals surface area contributed by atoms with Gasteiger partial charge >= 0.3 is 6.18 Å². The predicted octanol–water partition coefficient (Wildman–Crippen LogP) is 2.77. The summed E-state index contributed by atoms with van der Waals surface area (Å²) in [4.78, 5) is 13.3. The van der Waals surface area contributed by atoms with Crippen LogP contribution in [0.3, 0.4) is 0 Å². The third-order valence-corrected chi connectivity index (χ3v) is 7.12. The van der Waals surface area contributed by atoms with Crippen molar-refractivity contribution in [1.29, 1.82) is 5.26 Å². The number of carbonyl (C=O) groups excluding carboxylic acids is 1. The fourth-order valence-corrected chi connectivity index (χ4v) is 5.46. The highest BCUT2D eigenvalue weighted by Gasteiger charge is 2.46. The van der Waals surface area contributed by atoms with Crippen LogP contribution in [0, 0.1) is 11.3 Å². The first-order chi connectivity index (χ1) is 14.2. The Morgan fingerprint density at radius 2 is 1.77 bits per heavy atom. The highest BCUT2D eigenvalue weighted by atomic mass is 32.2. The molecule has 3 rings (SSSR count). The second-order valence-corrected chi connectivity index (χ2v) is 8.97. The van der Waals surface area contributed by atoms with E-state index < -0.39 is 43.7 Å². The molecular formula is C20H18F3N3O3S. The Kier molecular flexibility index (Phi) is 6.03. The molecule has 1 fully saturated rings. The number of anilines is 1. The van der Waals surface area contributed by atoms with E-state index in [1.807, 2.05) is 0 Å². The summed E-state index contributed by atoms with van der Waals surface area (Å²) in [5.74, 6) is -0.554. The van der Waals surface area contributed by atoms with Crippen LogP contribution in [0.4, 0.5) is 18.9 Å². The quantitative estimate of drug-likeness (QED) is 0.727. The Balaban J connectivity index is 1.99. The number of carbonyl (C=O) groups is 1. The molecule has 0 bridgehead atoms. The molecule has 1 amide bonds. The SMILES string of the molecule is N#CCNC(=O)[C@@H]1C[C@@H](S(=O)(=O)c2ccccc2C(F)(F)F)CN1c1ccccc1. The van der Waals surface area contributed by atoms with Crippen molar-refractivity contribution in [2.75, 3.05) is 18.0 Å². The van der Waals surface area contributed by atoms with E-state index >= 15 is 0 Å². The lowest BCUT2D eigenvalue weighted by atomic mass is 10.2. The van der Waals surface area contributed by atoms with Gasteiger partial charge in [-0.25, -0.2) is 8.42 Å². The smallest absolute Gasteiger partial charge is 0.358 e. The van der Waals surface area contributed by atoms with Crippen LogP contribution in [0.15, 0.2) is 59.5 Å². The molecule has 0 saturated carbocycles. The average Bonchev–Trinajstić information content (AvgIpc) is 3.18. The fourth-order valence-electron chi connectivity index (χ4n) is 3.55. The van der Waals surface area contributed by atoms with Crippen LogP contribution in [-0.4, -0.2) is 38.7 Å². The van der Waals surface area contributed by atoms with Crippen LogP contribution in [0.2, 0.25) is 0 Å². The molecule has 158 valence electrons. The van der Waals surface area contributed by atoms with Crippen molar-refractivity contribution in [2.45, 2.75) is 28.8 Å². The number of amides is 1. The van der Waals surface area contributed by atoms with Gasteiger partial charge in [0.1, 0.15) is 12.6 Å². The molecule has 1 N–H and O–H groups in total. The third kappa shape index (κ3) is 4.26. The lowest BCUT2D eigenvalue weighted by molar-refractivity contribution is -0.139. The molecule has 30 heavy (non-hydrogen) atoms. The Bertz CT molecular complexity index is 1070. The van der Waals surface area contributed by atoms with Gasteiger partial charge in [-0.05, 0) is 30.7 Å². The van der Waals surface area contributed by atoms with E-state index in [1.165, 1.54) is 6.07 Å². The molecule has 0 aliphatic carbocycles. The van der Waals surface area contributed by atoms with Crippen LogP contribution < -0.4 is 10.2 Å². The Morgan fingerprint density at radius 1 is 1.13 bits per heavy atom. The molecule has 0 unspecified atom stereocenters. The molecule has 0 spiro atoms. The van der Waals surface area contributed by atoms with E-state index in [2.05, 4.69) is 5.32 Å². The minimum atomic E-state index is -4.83. The first-order valence-electron chi connectivity index (χ1n) is 9.02. The summed E-state index contributed by atoms with van der Waals surface area (Å²) in [6.07, 6.45) is -5.02. The van der Waals surface area contributed by atoms with Gasteiger partial charge in [-0.15, -0.1) is 0 Å². The number of rotatable bonds is 5. The number of hydrogen-bond donors (Lipinski definition) is 1. The monoisotopic (exact) mass is 437 g/mol. The number of nitriles is 1. The van der Waals surface area contributed by atoms with Gasteiger partial charge in [0.05, 0.1) is 21.8 Å². The lowest BCUT2D eigenvalue weighted by Gasteiger charge is -2.25. The van der Waals surface area contributed by atoms with Crippen molar-refractivity contribution in [3.8, 4) is 6.07 Å². The summed E-state index contributed by atoms with van der Waals surface area (Å²) in [7, 11) is -4.39. The maximum Gasteiger partial charge on any atom is 0.417 e. The molecule has 0 aromatic heterocycles. The van der Waals surface area contributed by atoms with E-state index in [1.54, 1.807) is 41.3 Å². The van der Waals surface area contributed by atoms with Gasteiger partial charge in [-0.2, -0.15) is 18.4 Å². The number of benzene rings is 2. The summed E-state index contributed by atoms with van der Waals surface area (Å²) in [5, 5.41) is 9.88. The molecule has 10 heteroatoms. The molecular weight excluding hydrogens is 419 g/mol. The normalized spacial score (nSPS) is 19.3. The first-order valence-corrected chi connectivity index (χ1v) is 10.6. The first kappa shape index (κ1) is 21.6. The van der Waals surface area contributed by atoms with Gasteiger partial charge in [0.15, 0.2) is 9.84 Å². The third-order valence-electron chi connectivity index (χ3n) is 4.93. The van der Waals surface area contributed by atoms with Crippen molar-refractivity contribution in [2.24, 2.45) is 0 Å². The number of nitrogens with zero attached hydrogens (tertiary/aromatic N) is 2. The lowest BCUT2D eigenvalue weighted by Crippen LogP contribution is -2.43. The summed E-state index contributed by atoms with van der Waals surface area (Å²) in [6, 6.07) is 13.4. The van der Waals surface area contributed by atoms with Gasteiger partial charge in [0.25, 0.3) is 0 Å². The predicted molar refractivity (Wildman–Crippen MR) is 103 cm³/mol. The molecule has 6 nitrogen and oxygen atoms in total. The molecule has 1 heterocycles. The van der Waals surface area contributed by atoms with E-state index in [0.29, 0.717) is 5.69 Å². The van der Waals surface area contributed by atoms with Crippen molar-refractivity contribution < 1.29 is 26.4 Å². The highest BCUT2D eigenvalue weighted by Crippen LogP contribution is 2.38. The number of hydrogen-bond acceptors (Lipinski definition) is 5. The fraction of sp³-hybridized carbons (Fsp3) is 0.300. The topological polar surface area (TPSA) is 90.3 Å². The largest absolute Gasteiger partial charge is 0.417 e. The van der Waals surface area contributed by atoms with Crippen molar-refractivity contribution in [3.05, 3.63) is 60.2 Å². The zero-order chi connectivity index (χ0) is 21.9. The zero-order valence-electron chi connectivity index (χ0n) is 15.6. The van der Waals surface area contributed by atoms with Crippen LogP contribution in [0.25, 0.3) is 0 Å². The summed E-state index contributed by atoms with van der Waals surface area (Å²) in [6.45, 7) is -0.407. The molecule has 0 radical (unpaired) electrons. The maximum absolute atomic E-state index is 13.4. The van der Waals surface area contributed by atoms with Gasteiger partial charge < -0.3 is 10.2 Å². The second kappa shape index (κ2) is 8.36. The van der Waals surface area contributed by atoms with Crippen molar-refractivity contribution >= 4 is 21.4 Å². The number of alkyl halides is 3. The molecule has 2 aromatic carbocycles. The number of sulfone groups is 1. The van der Waals surface area contributed by atoms with Gasteiger partial charge in [-0.3, -0.25) is 4.79 Å². The Morgan fingerprint density at radius 3 is 2.40 bits per heavy atom. The van der Waals surface area contributed by atoms with Crippen LogP contribution >= 0.6 is 0 Å². The van der Waals surface area contributed by atoms with E-state index in [9.17, 15) is 26.4 Å². The second-order valence-electron chi connectivity index (χ2n) is 6.78. The molecule has 2 aromatic rings. The van der Waals surface area contributed by atoms with Crippen molar-refractivity contribution in [3.63, 3.8) is 0 Å². The standard InChI is InChI=1S/C20H18F3N3O3S/c21-20(22,23)16-8-4-5-9-18(16)30(28,29)15-12-17(19(27)25-11-10-24)26(13-15)14-6-2-1-3-7-14/h1-9,15,17H,11-13H2,(H,25,27)/t15-,17+/m1/s1. The summed E-state index contributed by atoms with van der Waals surface area (Å²) in [5.41, 5.74) is -0.662. The number of nitrogens with one attached hydrogen (secondary N) is 1. The number of para-hydroxylation sites is 1. The van der Waals surface area contributed by atoms with E-state index in [4.69, 9.17) is 5.26 Å². The Hall–Kier alpha value is -3.06. The molecule has 1 aliphatic heterocycles. The molecule has 1 aliphatic rings. The van der Waals surface area contributed by atoms with Gasteiger partial charge in [0.2, 0.25) is 5.91 Å². The average molecular weight is 437 g/mol. The van der Waals surface area contributed by atoms with Crippen LogP contribution in [0.1, 0.15) is 12.0 Å². The minimum Gasteiger partial charge on any atom is -0.358 e.